The van der Waals surface area contributed by atoms with Crippen molar-refractivity contribution in [3.8, 4) is 0 Å². The van der Waals surface area contributed by atoms with Crippen LogP contribution in [0.2, 0.25) is 0 Å². The van der Waals surface area contributed by atoms with E-state index in [2.05, 4.69) is 31.0 Å². The maximum atomic E-state index is 11.4. The molecule has 3 rings (SSSR count). The van der Waals surface area contributed by atoms with Gasteiger partial charge in [-0.05, 0) is 30.1 Å². The second kappa shape index (κ2) is 5.17. The second-order valence-electron chi connectivity index (χ2n) is 6.43. The minimum absolute atomic E-state index is 0.323. The third-order valence-electron chi connectivity index (χ3n) is 4.88. The van der Waals surface area contributed by atoms with Gasteiger partial charge in [-0.3, -0.25) is 4.98 Å². The lowest BCUT2D eigenvalue weighted by Gasteiger charge is -2.43. The van der Waals surface area contributed by atoms with Crippen LogP contribution < -0.4 is 0 Å². The zero-order chi connectivity index (χ0) is 14.2. The van der Waals surface area contributed by atoms with Crippen molar-refractivity contribution in [3.63, 3.8) is 0 Å². The maximum Gasteiger partial charge on any atom is 0.0947 e. The fourth-order valence-corrected chi connectivity index (χ4v) is 3.86. The number of hydrogen-bond acceptors (Lipinski definition) is 2. The first kappa shape index (κ1) is 13.6. The number of benzene rings is 1. The summed E-state index contributed by atoms with van der Waals surface area (Å²) in [4.78, 5) is 4.37. The predicted octanol–water partition coefficient (Wildman–Crippen LogP) is 4.27. The zero-order valence-corrected chi connectivity index (χ0v) is 12.3. The average Bonchev–Trinajstić information content (AvgIpc) is 2.46. The fraction of sp³-hybridized carbons (Fsp3) is 0.500. The molecule has 20 heavy (non-hydrogen) atoms. The van der Waals surface area contributed by atoms with Crippen molar-refractivity contribution in [2.75, 3.05) is 0 Å². The van der Waals surface area contributed by atoms with E-state index in [0.717, 1.165) is 35.6 Å². The number of rotatable bonds is 2. The van der Waals surface area contributed by atoms with E-state index in [4.69, 9.17) is 0 Å². The van der Waals surface area contributed by atoms with Crippen LogP contribution in [-0.2, 0) is 5.60 Å². The molecule has 1 fully saturated rings. The first-order chi connectivity index (χ1) is 9.63. The zero-order valence-electron chi connectivity index (χ0n) is 12.3. The Kier molecular flexibility index (Phi) is 3.51. The standard InChI is InChI=1S/C18H23NO/c1-13(2)16-9-5-6-10-18(16,20)17-12-19-11-14-7-3-4-8-15(14)17/h3-4,7-8,11-13,16,20H,5-6,9-10H2,1-2H3. The number of nitrogens with zero attached hydrogens (tertiary/aromatic N) is 1. The fourth-order valence-electron chi connectivity index (χ4n) is 3.86. The van der Waals surface area contributed by atoms with E-state index >= 15 is 0 Å². The van der Waals surface area contributed by atoms with Crippen LogP contribution in [0.3, 0.4) is 0 Å². The van der Waals surface area contributed by atoms with Gasteiger partial charge in [0.15, 0.2) is 0 Å². The normalized spacial score (nSPS) is 27.1. The first-order valence-electron chi connectivity index (χ1n) is 7.68. The molecule has 1 heterocycles. The Morgan fingerprint density at radius 1 is 1.20 bits per heavy atom. The summed E-state index contributed by atoms with van der Waals surface area (Å²) in [5.74, 6) is 0.808. The number of fused-ring (bicyclic) bond motifs is 1. The highest BCUT2D eigenvalue weighted by atomic mass is 16.3. The Labute approximate surface area is 120 Å². The van der Waals surface area contributed by atoms with Gasteiger partial charge in [-0.15, -0.1) is 0 Å². The molecule has 2 heteroatoms. The van der Waals surface area contributed by atoms with Crippen molar-refractivity contribution in [1.29, 1.82) is 0 Å². The molecule has 0 spiro atoms. The summed E-state index contributed by atoms with van der Waals surface area (Å²) < 4.78 is 0. The quantitative estimate of drug-likeness (QED) is 0.883. The second-order valence-corrected chi connectivity index (χ2v) is 6.43. The molecule has 1 aromatic heterocycles. The predicted molar refractivity (Wildman–Crippen MR) is 82.4 cm³/mol. The van der Waals surface area contributed by atoms with E-state index in [1.807, 2.05) is 24.5 Å². The van der Waals surface area contributed by atoms with E-state index in [1.165, 1.54) is 6.42 Å². The molecule has 0 aliphatic heterocycles. The van der Waals surface area contributed by atoms with Crippen LogP contribution in [0.15, 0.2) is 36.7 Å². The van der Waals surface area contributed by atoms with Gasteiger partial charge in [-0.1, -0.05) is 51.0 Å². The summed E-state index contributed by atoms with van der Waals surface area (Å²) >= 11 is 0. The number of aliphatic hydroxyl groups is 1. The molecular weight excluding hydrogens is 246 g/mol. The molecule has 1 aliphatic carbocycles. The van der Waals surface area contributed by atoms with Gasteiger partial charge in [0.05, 0.1) is 5.60 Å². The lowest BCUT2D eigenvalue weighted by Crippen LogP contribution is -2.41. The van der Waals surface area contributed by atoms with Crippen LogP contribution >= 0.6 is 0 Å². The number of hydrogen-bond donors (Lipinski definition) is 1. The van der Waals surface area contributed by atoms with Gasteiger partial charge in [-0.25, -0.2) is 0 Å². The van der Waals surface area contributed by atoms with E-state index in [1.54, 1.807) is 0 Å². The molecule has 0 saturated heterocycles. The first-order valence-corrected chi connectivity index (χ1v) is 7.68. The van der Waals surface area contributed by atoms with Crippen LogP contribution in [0.4, 0.5) is 0 Å². The molecule has 0 bridgehead atoms. The van der Waals surface area contributed by atoms with E-state index < -0.39 is 5.60 Å². The van der Waals surface area contributed by atoms with Crippen molar-refractivity contribution in [2.45, 2.75) is 45.1 Å². The maximum absolute atomic E-state index is 11.4. The van der Waals surface area contributed by atoms with Gasteiger partial charge in [0, 0.05) is 23.3 Å². The molecule has 2 nitrogen and oxygen atoms in total. The molecule has 1 saturated carbocycles. The van der Waals surface area contributed by atoms with Crippen LogP contribution in [0.1, 0.15) is 45.1 Å². The average molecular weight is 269 g/mol. The molecule has 0 radical (unpaired) electrons. The van der Waals surface area contributed by atoms with Gasteiger partial charge in [0.25, 0.3) is 0 Å². The van der Waals surface area contributed by atoms with Crippen molar-refractivity contribution in [1.82, 2.24) is 4.98 Å². The van der Waals surface area contributed by atoms with Gasteiger partial charge in [-0.2, -0.15) is 0 Å². The summed E-state index contributed by atoms with van der Waals surface area (Å²) in [6, 6.07) is 8.25. The molecule has 0 amide bonds. The summed E-state index contributed by atoms with van der Waals surface area (Å²) in [7, 11) is 0. The lowest BCUT2D eigenvalue weighted by molar-refractivity contribution is -0.0711. The molecule has 1 N–H and O–H groups in total. The molecule has 2 aromatic rings. The largest absolute Gasteiger partial charge is 0.385 e. The molecule has 1 aliphatic rings. The van der Waals surface area contributed by atoms with Crippen LogP contribution in [0.25, 0.3) is 10.8 Å². The Morgan fingerprint density at radius 2 is 2.00 bits per heavy atom. The minimum Gasteiger partial charge on any atom is -0.385 e. The summed E-state index contributed by atoms with van der Waals surface area (Å²) in [5, 5.41) is 13.7. The lowest BCUT2D eigenvalue weighted by atomic mass is 9.67. The Hall–Kier alpha value is -1.41. The van der Waals surface area contributed by atoms with Crippen molar-refractivity contribution < 1.29 is 5.11 Å². The van der Waals surface area contributed by atoms with Gasteiger partial charge in [0.2, 0.25) is 0 Å². The Balaban J connectivity index is 2.17. The highest BCUT2D eigenvalue weighted by molar-refractivity contribution is 5.85. The summed E-state index contributed by atoms with van der Waals surface area (Å²) in [5.41, 5.74) is 0.300. The number of pyridine rings is 1. The van der Waals surface area contributed by atoms with Gasteiger partial charge < -0.3 is 5.11 Å². The number of aromatic nitrogens is 1. The molecule has 1 aromatic carbocycles. The minimum atomic E-state index is -0.722. The molecule has 2 atom stereocenters. The van der Waals surface area contributed by atoms with Crippen LogP contribution in [-0.4, -0.2) is 10.1 Å². The van der Waals surface area contributed by atoms with E-state index in [0.29, 0.717) is 11.8 Å². The molecule has 106 valence electrons. The highest BCUT2D eigenvalue weighted by Crippen LogP contribution is 2.46. The van der Waals surface area contributed by atoms with Crippen LogP contribution in [0, 0.1) is 11.8 Å². The Bertz CT molecular complexity index is 602. The smallest absolute Gasteiger partial charge is 0.0947 e. The highest BCUT2D eigenvalue weighted by Gasteiger charge is 2.42. The van der Waals surface area contributed by atoms with Crippen LogP contribution in [0.5, 0.6) is 0 Å². The summed E-state index contributed by atoms with van der Waals surface area (Å²) in [6.07, 6.45) is 8.05. The molecular formula is C18H23NO. The van der Waals surface area contributed by atoms with E-state index in [9.17, 15) is 5.11 Å². The third kappa shape index (κ3) is 2.12. The third-order valence-corrected chi connectivity index (χ3v) is 4.88. The van der Waals surface area contributed by atoms with E-state index in [-0.39, 0.29) is 0 Å². The SMILES string of the molecule is CC(C)C1CCCCC1(O)c1cncc2ccccc12. The monoisotopic (exact) mass is 269 g/mol. The van der Waals surface area contributed by atoms with Crippen molar-refractivity contribution in [2.24, 2.45) is 11.8 Å². The topological polar surface area (TPSA) is 33.1 Å². The van der Waals surface area contributed by atoms with Crippen molar-refractivity contribution >= 4 is 10.8 Å². The Morgan fingerprint density at radius 3 is 2.80 bits per heavy atom. The van der Waals surface area contributed by atoms with Gasteiger partial charge in [0.1, 0.15) is 0 Å². The molecule has 2 unspecified atom stereocenters. The summed E-state index contributed by atoms with van der Waals surface area (Å²) in [6.45, 7) is 4.44. The van der Waals surface area contributed by atoms with Gasteiger partial charge >= 0.3 is 0 Å². The van der Waals surface area contributed by atoms with Crippen molar-refractivity contribution in [3.05, 3.63) is 42.2 Å².